The molecule has 1 fully saturated rings. The van der Waals surface area contributed by atoms with Crippen LogP contribution in [0.4, 0.5) is 0 Å². The van der Waals surface area contributed by atoms with E-state index in [2.05, 4.69) is 15.1 Å². The van der Waals surface area contributed by atoms with Gasteiger partial charge in [0.2, 0.25) is 5.91 Å². The van der Waals surface area contributed by atoms with Crippen LogP contribution in [0.15, 0.2) is 23.1 Å². The molecule has 1 saturated heterocycles. The Kier molecular flexibility index (Phi) is 4.18. The second-order valence-electron chi connectivity index (χ2n) is 5.79. The minimum Gasteiger partial charge on any atom is -0.361 e. The largest absolute Gasteiger partial charge is 0.361 e. The summed E-state index contributed by atoms with van der Waals surface area (Å²) in [5, 5.41) is 3.91. The molecule has 1 atom stereocenters. The highest BCUT2D eigenvalue weighted by molar-refractivity contribution is 5.79. The quantitative estimate of drug-likeness (QED) is 0.867. The van der Waals surface area contributed by atoms with Crippen LogP contribution in [0.2, 0.25) is 0 Å². The molecule has 2 aromatic rings. The maximum atomic E-state index is 12.6. The Morgan fingerprint density at radius 1 is 1.41 bits per heavy atom. The number of hydrogen-bond donors (Lipinski definition) is 0. The molecule has 1 aliphatic heterocycles. The van der Waals surface area contributed by atoms with E-state index < -0.39 is 0 Å². The molecule has 116 valence electrons. The fraction of sp³-hybridized carbons (Fsp3) is 0.500. The van der Waals surface area contributed by atoms with Gasteiger partial charge in [0.05, 0.1) is 17.8 Å². The Labute approximate surface area is 129 Å². The van der Waals surface area contributed by atoms with Gasteiger partial charge in [0.1, 0.15) is 5.76 Å². The van der Waals surface area contributed by atoms with Crippen LogP contribution in [0.3, 0.4) is 0 Å². The van der Waals surface area contributed by atoms with E-state index in [1.54, 1.807) is 18.6 Å². The number of aromatic nitrogens is 3. The van der Waals surface area contributed by atoms with E-state index in [1.165, 1.54) is 0 Å². The maximum absolute atomic E-state index is 12.6. The number of carbonyl (C=O) groups is 1. The summed E-state index contributed by atoms with van der Waals surface area (Å²) >= 11 is 0. The first-order chi connectivity index (χ1) is 10.6. The van der Waals surface area contributed by atoms with Crippen LogP contribution in [-0.2, 0) is 11.2 Å². The molecule has 0 spiro atoms. The molecule has 1 aliphatic rings. The molecule has 2 aromatic heterocycles. The van der Waals surface area contributed by atoms with Crippen LogP contribution in [0.5, 0.6) is 0 Å². The lowest BCUT2D eigenvalue weighted by Crippen LogP contribution is -2.40. The maximum Gasteiger partial charge on any atom is 0.227 e. The molecule has 6 heteroatoms. The van der Waals surface area contributed by atoms with Crippen LogP contribution in [-0.4, -0.2) is 39.0 Å². The van der Waals surface area contributed by atoms with Gasteiger partial charge in [0, 0.05) is 43.2 Å². The van der Waals surface area contributed by atoms with Crippen molar-refractivity contribution in [2.75, 3.05) is 13.1 Å². The smallest absolute Gasteiger partial charge is 0.227 e. The van der Waals surface area contributed by atoms with Gasteiger partial charge in [0.15, 0.2) is 0 Å². The van der Waals surface area contributed by atoms with Crippen molar-refractivity contribution in [3.63, 3.8) is 0 Å². The van der Waals surface area contributed by atoms with Crippen LogP contribution in [0, 0.1) is 13.8 Å². The number of carbonyl (C=O) groups excluding carboxylic acids is 1. The first-order valence-corrected chi connectivity index (χ1v) is 7.60. The summed E-state index contributed by atoms with van der Waals surface area (Å²) in [5.74, 6) is 1.13. The highest BCUT2D eigenvalue weighted by Gasteiger charge is 2.26. The van der Waals surface area contributed by atoms with Gasteiger partial charge < -0.3 is 9.42 Å². The normalized spacial score (nSPS) is 18.5. The molecule has 0 bridgehead atoms. The Bertz CT molecular complexity index is 634. The van der Waals surface area contributed by atoms with Crippen molar-refractivity contribution in [3.8, 4) is 0 Å². The Balaban J connectivity index is 1.68. The van der Waals surface area contributed by atoms with Gasteiger partial charge in [-0.15, -0.1) is 0 Å². The predicted octanol–water partition coefficient (Wildman–Crippen LogP) is 2.03. The van der Waals surface area contributed by atoms with E-state index >= 15 is 0 Å². The second-order valence-corrected chi connectivity index (χ2v) is 5.79. The fourth-order valence-electron chi connectivity index (χ4n) is 2.98. The molecule has 0 unspecified atom stereocenters. The summed E-state index contributed by atoms with van der Waals surface area (Å²) in [4.78, 5) is 23.0. The highest BCUT2D eigenvalue weighted by atomic mass is 16.5. The Morgan fingerprint density at radius 2 is 2.27 bits per heavy atom. The van der Waals surface area contributed by atoms with Crippen molar-refractivity contribution >= 4 is 5.91 Å². The minimum absolute atomic E-state index is 0.128. The van der Waals surface area contributed by atoms with Crippen LogP contribution >= 0.6 is 0 Å². The third-order valence-corrected chi connectivity index (χ3v) is 4.28. The molecule has 0 radical (unpaired) electrons. The van der Waals surface area contributed by atoms with E-state index in [0.29, 0.717) is 13.0 Å². The van der Waals surface area contributed by atoms with Gasteiger partial charge in [-0.2, -0.15) is 0 Å². The number of amides is 1. The van der Waals surface area contributed by atoms with Crippen molar-refractivity contribution in [1.82, 2.24) is 20.0 Å². The van der Waals surface area contributed by atoms with E-state index in [1.807, 2.05) is 18.7 Å². The molecule has 6 nitrogen and oxygen atoms in total. The van der Waals surface area contributed by atoms with Crippen molar-refractivity contribution in [2.24, 2.45) is 0 Å². The van der Waals surface area contributed by atoms with Gasteiger partial charge in [-0.25, -0.2) is 0 Å². The number of aryl methyl sites for hydroxylation is 2. The minimum atomic E-state index is 0.128. The zero-order valence-electron chi connectivity index (χ0n) is 13.0. The lowest BCUT2D eigenvalue weighted by Gasteiger charge is -2.32. The average Bonchev–Trinajstić information content (AvgIpc) is 2.88. The Morgan fingerprint density at radius 3 is 2.95 bits per heavy atom. The van der Waals surface area contributed by atoms with Gasteiger partial charge in [0.25, 0.3) is 0 Å². The molecular weight excluding hydrogens is 280 g/mol. The number of rotatable bonds is 3. The fourth-order valence-corrected chi connectivity index (χ4v) is 2.98. The van der Waals surface area contributed by atoms with E-state index in [-0.39, 0.29) is 11.8 Å². The number of likely N-dealkylation sites (tertiary alicyclic amines) is 1. The zero-order chi connectivity index (χ0) is 15.5. The molecular formula is C16H20N4O2. The summed E-state index contributed by atoms with van der Waals surface area (Å²) in [5.41, 5.74) is 2.68. The van der Waals surface area contributed by atoms with Crippen molar-refractivity contribution in [1.29, 1.82) is 0 Å². The zero-order valence-corrected chi connectivity index (χ0v) is 13.0. The topological polar surface area (TPSA) is 72.1 Å². The molecule has 22 heavy (non-hydrogen) atoms. The number of hydrogen-bond acceptors (Lipinski definition) is 5. The SMILES string of the molecule is Cc1noc(C)c1CC(=O)N1CCC[C@H](c2cnccn2)C1. The van der Waals surface area contributed by atoms with Crippen molar-refractivity contribution < 1.29 is 9.32 Å². The van der Waals surface area contributed by atoms with Crippen LogP contribution < -0.4 is 0 Å². The first-order valence-electron chi connectivity index (χ1n) is 7.60. The van der Waals surface area contributed by atoms with Crippen LogP contribution in [0.1, 0.15) is 41.5 Å². The van der Waals surface area contributed by atoms with Crippen molar-refractivity contribution in [2.45, 2.75) is 39.0 Å². The van der Waals surface area contributed by atoms with E-state index in [4.69, 9.17) is 4.52 Å². The van der Waals surface area contributed by atoms with Gasteiger partial charge in [-0.05, 0) is 26.7 Å². The molecule has 0 saturated carbocycles. The lowest BCUT2D eigenvalue weighted by atomic mass is 9.94. The second kappa shape index (κ2) is 6.25. The van der Waals surface area contributed by atoms with Gasteiger partial charge in [-0.3, -0.25) is 14.8 Å². The average molecular weight is 300 g/mol. The number of piperidine rings is 1. The summed E-state index contributed by atoms with van der Waals surface area (Å²) in [6, 6.07) is 0. The standard InChI is InChI=1S/C16H20N4O2/c1-11-14(12(2)22-19-11)8-16(21)20-7-3-4-13(10-20)15-9-17-5-6-18-15/h5-6,9,13H,3-4,7-8,10H2,1-2H3/t13-/m0/s1. The highest BCUT2D eigenvalue weighted by Crippen LogP contribution is 2.25. The van der Waals surface area contributed by atoms with Gasteiger partial charge in [-0.1, -0.05) is 5.16 Å². The van der Waals surface area contributed by atoms with E-state index in [0.717, 1.165) is 42.1 Å². The molecule has 1 amide bonds. The lowest BCUT2D eigenvalue weighted by molar-refractivity contribution is -0.131. The van der Waals surface area contributed by atoms with E-state index in [9.17, 15) is 4.79 Å². The summed E-state index contributed by atoms with van der Waals surface area (Å²) in [6.45, 7) is 5.23. The molecule has 0 aliphatic carbocycles. The first kappa shape index (κ1) is 14.7. The molecule has 0 aromatic carbocycles. The Hall–Kier alpha value is -2.24. The third-order valence-electron chi connectivity index (χ3n) is 4.28. The van der Waals surface area contributed by atoms with Crippen LogP contribution in [0.25, 0.3) is 0 Å². The van der Waals surface area contributed by atoms with Gasteiger partial charge >= 0.3 is 0 Å². The van der Waals surface area contributed by atoms with Crippen molar-refractivity contribution in [3.05, 3.63) is 41.3 Å². The molecule has 3 heterocycles. The molecule has 0 N–H and O–H groups in total. The predicted molar refractivity (Wildman–Crippen MR) is 80.3 cm³/mol. The summed E-state index contributed by atoms with van der Waals surface area (Å²) < 4.78 is 5.13. The molecule has 3 rings (SSSR count). The summed E-state index contributed by atoms with van der Waals surface area (Å²) in [7, 11) is 0. The monoisotopic (exact) mass is 300 g/mol. The summed E-state index contributed by atoms with van der Waals surface area (Å²) in [6.07, 6.45) is 7.58. The third kappa shape index (κ3) is 3.00. The number of nitrogens with zero attached hydrogens (tertiary/aromatic N) is 4.